The van der Waals surface area contributed by atoms with Gasteiger partial charge in [0.1, 0.15) is 5.75 Å². The van der Waals surface area contributed by atoms with Crippen LogP contribution in [0.2, 0.25) is 0 Å². The summed E-state index contributed by atoms with van der Waals surface area (Å²) in [5.41, 5.74) is -0.787. The third-order valence-electron chi connectivity index (χ3n) is 2.99. The number of nitrogens with zero attached hydrogens (tertiary/aromatic N) is 1. The maximum absolute atomic E-state index is 12.5. The van der Waals surface area contributed by atoms with Crippen LogP contribution in [0, 0.1) is 0 Å². The Kier molecular flexibility index (Phi) is 4.49. The van der Waals surface area contributed by atoms with Gasteiger partial charge in [-0.3, -0.25) is 4.79 Å². The molecule has 7 heteroatoms. The number of piperazine rings is 1. The van der Waals surface area contributed by atoms with Crippen LogP contribution in [0.15, 0.2) is 24.3 Å². The molecule has 0 saturated carbocycles. The molecule has 0 spiro atoms. The van der Waals surface area contributed by atoms with Gasteiger partial charge in [0.2, 0.25) is 0 Å². The molecule has 1 aromatic rings. The summed E-state index contributed by atoms with van der Waals surface area (Å²) in [5, 5.41) is 3.11. The minimum Gasteiger partial charge on any atom is -0.484 e. The van der Waals surface area contributed by atoms with Crippen LogP contribution >= 0.6 is 0 Å². The van der Waals surface area contributed by atoms with Gasteiger partial charge in [-0.25, -0.2) is 0 Å². The Hall–Kier alpha value is -1.76. The molecule has 0 unspecified atom stereocenters. The largest absolute Gasteiger partial charge is 0.484 e. The van der Waals surface area contributed by atoms with Gasteiger partial charge >= 0.3 is 6.18 Å². The Labute approximate surface area is 114 Å². The number of hydrogen-bond donors (Lipinski definition) is 1. The Balaban J connectivity index is 1.92. The molecule has 1 saturated heterocycles. The fourth-order valence-electron chi connectivity index (χ4n) is 1.91. The lowest BCUT2D eigenvalue weighted by atomic mass is 10.2. The predicted octanol–water partition coefficient (Wildman–Crippen LogP) is 1.52. The monoisotopic (exact) mass is 288 g/mol. The average Bonchev–Trinajstić information content (AvgIpc) is 2.45. The topological polar surface area (TPSA) is 41.6 Å². The van der Waals surface area contributed by atoms with E-state index < -0.39 is 11.7 Å². The fraction of sp³-hybridized carbons (Fsp3) is 0.462. The van der Waals surface area contributed by atoms with Crippen molar-refractivity contribution in [3.05, 3.63) is 29.8 Å². The highest BCUT2D eigenvalue weighted by molar-refractivity contribution is 5.77. The molecule has 0 aliphatic carbocycles. The summed E-state index contributed by atoms with van der Waals surface area (Å²) in [5.74, 6) is -0.174. The van der Waals surface area contributed by atoms with E-state index in [0.717, 1.165) is 25.2 Å². The van der Waals surface area contributed by atoms with Gasteiger partial charge in [-0.05, 0) is 18.2 Å². The van der Waals surface area contributed by atoms with Crippen molar-refractivity contribution in [2.75, 3.05) is 32.8 Å². The van der Waals surface area contributed by atoms with E-state index in [2.05, 4.69) is 5.32 Å². The molecule has 1 aliphatic rings. The molecular formula is C13H15F3N2O2. The highest BCUT2D eigenvalue weighted by atomic mass is 19.4. The molecule has 2 rings (SSSR count). The van der Waals surface area contributed by atoms with Crippen molar-refractivity contribution in [1.29, 1.82) is 0 Å². The summed E-state index contributed by atoms with van der Waals surface area (Å²) < 4.78 is 42.7. The average molecular weight is 288 g/mol. The number of halogens is 3. The first-order chi connectivity index (χ1) is 9.47. The highest BCUT2D eigenvalue weighted by Gasteiger charge is 2.30. The third-order valence-corrected chi connectivity index (χ3v) is 2.99. The summed E-state index contributed by atoms with van der Waals surface area (Å²) >= 11 is 0. The zero-order valence-corrected chi connectivity index (χ0v) is 10.7. The second kappa shape index (κ2) is 6.13. The van der Waals surface area contributed by atoms with Crippen LogP contribution in [0.3, 0.4) is 0 Å². The molecule has 1 aromatic carbocycles. The normalized spacial score (nSPS) is 16.1. The molecule has 1 amide bonds. The van der Waals surface area contributed by atoms with Crippen LogP contribution in [0.25, 0.3) is 0 Å². The molecule has 110 valence electrons. The van der Waals surface area contributed by atoms with Crippen molar-refractivity contribution in [3.63, 3.8) is 0 Å². The van der Waals surface area contributed by atoms with Crippen LogP contribution < -0.4 is 10.1 Å². The van der Waals surface area contributed by atoms with Gasteiger partial charge in [0.15, 0.2) is 6.61 Å². The second-order valence-corrected chi connectivity index (χ2v) is 4.45. The number of rotatable bonds is 3. The molecule has 0 radical (unpaired) electrons. The summed E-state index contributed by atoms with van der Waals surface area (Å²) in [4.78, 5) is 13.4. The molecule has 1 heterocycles. The molecule has 4 nitrogen and oxygen atoms in total. The van der Waals surface area contributed by atoms with Crippen LogP contribution in [-0.4, -0.2) is 43.6 Å². The predicted molar refractivity (Wildman–Crippen MR) is 66.4 cm³/mol. The Morgan fingerprint density at radius 3 is 2.65 bits per heavy atom. The third kappa shape index (κ3) is 3.86. The van der Waals surface area contributed by atoms with Crippen molar-refractivity contribution >= 4 is 5.91 Å². The van der Waals surface area contributed by atoms with Gasteiger partial charge in [0, 0.05) is 26.2 Å². The summed E-state index contributed by atoms with van der Waals surface area (Å²) in [7, 11) is 0. The van der Waals surface area contributed by atoms with Crippen LogP contribution in [0.4, 0.5) is 13.2 Å². The molecule has 0 atom stereocenters. The van der Waals surface area contributed by atoms with Gasteiger partial charge in [0.25, 0.3) is 5.91 Å². The van der Waals surface area contributed by atoms with Gasteiger partial charge in [-0.1, -0.05) is 6.07 Å². The number of hydrogen-bond acceptors (Lipinski definition) is 3. The first-order valence-electron chi connectivity index (χ1n) is 6.25. The lowest BCUT2D eigenvalue weighted by Crippen LogP contribution is -2.47. The summed E-state index contributed by atoms with van der Waals surface area (Å²) in [6.45, 7) is 2.36. The summed E-state index contributed by atoms with van der Waals surface area (Å²) in [6, 6.07) is 4.52. The molecule has 0 aromatic heterocycles. The molecule has 0 bridgehead atoms. The van der Waals surface area contributed by atoms with Gasteiger partial charge in [0.05, 0.1) is 5.56 Å². The Bertz CT molecular complexity index is 471. The number of carbonyl (C=O) groups is 1. The van der Waals surface area contributed by atoms with Crippen LogP contribution in [0.5, 0.6) is 5.75 Å². The van der Waals surface area contributed by atoms with E-state index in [1.807, 2.05) is 0 Å². The maximum atomic E-state index is 12.5. The van der Waals surface area contributed by atoms with Gasteiger partial charge in [-0.2, -0.15) is 13.2 Å². The maximum Gasteiger partial charge on any atom is 0.416 e. The zero-order chi connectivity index (χ0) is 14.6. The fourth-order valence-corrected chi connectivity index (χ4v) is 1.91. The molecule has 1 aliphatic heterocycles. The van der Waals surface area contributed by atoms with E-state index in [-0.39, 0.29) is 18.3 Å². The van der Waals surface area contributed by atoms with Crippen molar-refractivity contribution in [2.45, 2.75) is 6.18 Å². The number of carbonyl (C=O) groups excluding carboxylic acids is 1. The molecule has 20 heavy (non-hydrogen) atoms. The van der Waals surface area contributed by atoms with Gasteiger partial charge in [-0.15, -0.1) is 0 Å². The minimum atomic E-state index is -4.41. The van der Waals surface area contributed by atoms with E-state index in [1.165, 1.54) is 12.1 Å². The zero-order valence-electron chi connectivity index (χ0n) is 10.7. The van der Waals surface area contributed by atoms with Crippen LogP contribution in [0.1, 0.15) is 5.56 Å². The van der Waals surface area contributed by atoms with E-state index in [9.17, 15) is 18.0 Å². The first kappa shape index (κ1) is 14.6. The van der Waals surface area contributed by atoms with Crippen molar-refractivity contribution in [1.82, 2.24) is 10.2 Å². The molecular weight excluding hydrogens is 273 g/mol. The SMILES string of the molecule is O=C(COc1cccc(C(F)(F)F)c1)N1CCNCC1. The van der Waals surface area contributed by atoms with Gasteiger partial charge < -0.3 is 15.0 Å². The Morgan fingerprint density at radius 2 is 2.00 bits per heavy atom. The summed E-state index contributed by atoms with van der Waals surface area (Å²) in [6.07, 6.45) is -4.41. The lowest BCUT2D eigenvalue weighted by molar-refractivity contribution is -0.137. The van der Waals surface area contributed by atoms with E-state index in [0.29, 0.717) is 13.1 Å². The van der Waals surface area contributed by atoms with E-state index in [4.69, 9.17) is 4.74 Å². The van der Waals surface area contributed by atoms with Crippen molar-refractivity contribution < 1.29 is 22.7 Å². The number of nitrogens with one attached hydrogen (secondary N) is 1. The van der Waals surface area contributed by atoms with E-state index >= 15 is 0 Å². The van der Waals surface area contributed by atoms with E-state index in [1.54, 1.807) is 4.90 Å². The highest BCUT2D eigenvalue weighted by Crippen LogP contribution is 2.31. The molecule has 1 N–H and O–H groups in total. The van der Waals surface area contributed by atoms with Crippen molar-refractivity contribution in [2.24, 2.45) is 0 Å². The quantitative estimate of drug-likeness (QED) is 0.917. The Morgan fingerprint density at radius 1 is 1.30 bits per heavy atom. The second-order valence-electron chi connectivity index (χ2n) is 4.45. The number of ether oxygens (including phenoxy) is 1. The number of amides is 1. The number of alkyl halides is 3. The van der Waals surface area contributed by atoms with Crippen molar-refractivity contribution in [3.8, 4) is 5.75 Å². The standard InChI is InChI=1S/C13H15F3N2O2/c14-13(15,16)10-2-1-3-11(8-10)20-9-12(19)18-6-4-17-5-7-18/h1-3,8,17H,4-7,9H2. The lowest BCUT2D eigenvalue weighted by Gasteiger charge is -2.27. The molecule has 1 fully saturated rings. The smallest absolute Gasteiger partial charge is 0.416 e. The van der Waals surface area contributed by atoms with Crippen LogP contribution in [-0.2, 0) is 11.0 Å². The minimum absolute atomic E-state index is 0.0447. The first-order valence-corrected chi connectivity index (χ1v) is 6.25. The number of benzene rings is 1.